The van der Waals surface area contributed by atoms with Gasteiger partial charge in [0.1, 0.15) is 0 Å². The molecule has 5 heteroatoms. The van der Waals surface area contributed by atoms with E-state index in [-0.39, 0.29) is 5.75 Å². The molecule has 4 nitrogen and oxygen atoms in total. The van der Waals surface area contributed by atoms with E-state index in [2.05, 4.69) is 0 Å². The Bertz CT molecular complexity index is 522. The third kappa shape index (κ3) is 3.41. The summed E-state index contributed by atoms with van der Waals surface area (Å²) in [7, 11) is -1.69. The van der Waals surface area contributed by atoms with Crippen molar-refractivity contribution in [1.82, 2.24) is 0 Å². The largest absolute Gasteiger partial charge is 0.397 e. The van der Waals surface area contributed by atoms with Gasteiger partial charge in [0.05, 0.1) is 17.1 Å². The Labute approximate surface area is 115 Å². The number of para-hydroxylation sites is 2. The SMILES string of the molecule is CN(c1ccccc1N)S(=O)(=O)CC1CCCCC1. The summed E-state index contributed by atoms with van der Waals surface area (Å²) in [5, 5.41) is 0. The molecule has 0 atom stereocenters. The summed E-state index contributed by atoms with van der Waals surface area (Å²) in [6.07, 6.45) is 5.58. The molecule has 0 heterocycles. The van der Waals surface area contributed by atoms with Crippen LogP contribution in [0, 0.1) is 5.92 Å². The third-order valence-corrected chi connectivity index (χ3v) is 5.79. The number of hydrogen-bond acceptors (Lipinski definition) is 3. The number of sulfonamides is 1. The van der Waals surface area contributed by atoms with Crippen molar-refractivity contribution >= 4 is 21.4 Å². The molecule has 19 heavy (non-hydrogen) atoms. The van der Waals surface area contributed by atoms with Gasteiger partial charge in [-0.15, -0.1) is 0 Å². The van der Waals surface area contributed by atoms with Crippen LogP contribution in [-0.2, 0) is 10.0 Å². The van der Waals surface area contributed by atoms with Gasteiger partial charge in [-0.3, -0.25) is 4.31 Å². The summed E-state index contributed by atoms with van der Waals surface area (Å²) in [6, 6.07) is 7.08. The van der Waals surface area contributed by atoms with Crippen molar-refractivity contribution < 1.29 is 8.42 Å². The van der Waals surface area contributed by atoms with Crippen molar-refractivity contribution in [3.05, 3.63) is 24.3 Å². The maximum Gasteiger partial charge on any atom is 0.235 e. The molecule has 2 rings (SSSR count). The second-order valence-corrected chi connectivity index (χ2v) is 7.35. The highest BCUT2D eigenvalue weighted by atomic mass is 32.2. The van der Waals surface area contributed by atoms with Crippen LogP contribution in [0.1, 0.15) is 32.1 Å². The molecule has 106 valence electrons. The minimum Gasteiger partial charge on any atom is -0.397 e. The Kier molecular flexibility index (Phi) is 4.34. The Hall–Kier alpha value is -1.23. The molecule has 0 saturated heterocycles. The van der Waals surface area contributed by atoms with Crippen molar-refractivity contribution in [2.75, 3.05) is 22.8 Å². The van der Waals surface area contributed by atoms with Gasteiger partial charge in [-0.25, -0.2) is 8.42 Å². The van der Waals surface area contributed by atoms with E-state index in [0.29, 0.717) is 17.3 Å². The number of nitrogens with two attached hydrogens (primary N) is 1. The molecule has 1 aromatic rings. The molecule has 1 fully saturated rings. The minimum absolute atomic E-state index is 0.234. The van der Waals surface area contributed by atoms with Crippen molar-refractivity contribution in [2.45, 2.75) is 32.1 Å². The van der Waals surface area contributed by atoms with Crippen LogP contribution < -0.4 is 10.0 Å². The highest BCUT2D eigenvalue weighted by Crippen LogP contribution is 2.28. The second kappa shape index (κ2) is 5.82. The highest BCUT2D eigenvalue weighted by molar-refractivity contribution is 7.92. The van der Waals surface area contributed by atoms with Crippen LogP contribution in [-0.4, -0.2) is 21.2 Å². The summed E-state index contributed by atoms with van der Waals surface area (Å²) in [6.45, 7) is 0. The molecule has 0 amide bonds. The first-order valence-electron chi connectivity index (χ1n) is 6.82. The summed E-state index contributed by atoms with van der Waals surface area (Å²) in [5.74, 6) is 0.531. The van der Waals surface area contributed by atoms with E-state index in [0.717, 1.165) is 25.7 Å². The summed E-state index contributed by atoms with van der Waals surface area (Å²) < 4.78 is 26.2. The van der Waals surface area contributed by atoms with E-state index in [4.69, 9.17) is 5.73 Å². The topological polar surface area (TPSA) is 63.4 Å². The van der Waals surface area contributed by atoms with Gasteiger partial charge >= 0.3 is 0 Å². The van der Waals surface area contributed by atoms with Crippen LogP contribution in [0.3, 0.4) is 0 Å². The zero-order valence-corrected chi connectivity index (χ0v) is 12.2. The lowest BCUT2D eigenvalue weighted by Crippen LogP contribution is -2.33. The molecular formula is C14H22N2O2S. The quantitative estimate of drug-likeness (QED) is 0.863. The minimum atomic E-state index is -3.28. The fourth-order valence-corrected chi connectivity index (χ4v) is 4.31. The smallest absolute Gasteiger partial charge is 0.235 e. The molecule has 1 aliphatic rings. The maximum atomic E-state index is 12.4. The van der Waals surface area contributed by atoms with Crippen LogP contribution in [0.15, 0.2) is 24.3 Å². The number of benzene rings is 1. The highest BCUT2D eigenvalue weighted by Gasteiger charge is 2.25. The Morgan fingerprint density at radius 1 is 1.21 bits per heavy atom. The predicted molar refractivity (Wildman–Crippen MR) is 79.6 cm³/mol. The standard InChI is InChI=1S/C14H22N2O2S/c1-16(14-10-6-5-9-13(14)15)19(17,18)11-12-7-3-2-4-8-12/h5-6,9-10,12H,2-4,7-8,11,15H2,1H3. The average Bonchev–Trinajstić information content (AvgIpc) is 2.39. The van der Waals surface area contributed by atoms with Gasteiger partial charge in [0.15, 0.2) is 0 Å². The lowest BCUT2D eigenvalue weighted by Gasteiger charge is -2.26. The van der Waals surface area contributed by atoms with Crippen molar-refractivity contribution in [3.63, 3.8) is 0 Å². The van der Waals surface area contributed by atoms with Crippen molar-refractivity contribution in [2.24, 2.45) is 5.92 Å². The molecule has 0 radical (unpaired) electrons. The van der Waals surface area contributed by atoms with Crippen molar-refractivity contribution in [1.29, 1.82) is 0 Å². The summed E-state index contributed by atoms with van der Waals surface area (Å²) in [5.41, 5.74) is 6.91. The molecule has 0 bridgehead atoms. The van der Waals surface area contributed by atoms with Crippen LogP contribution in [0.2, 0.25) is 0 Å². The molecule has 0 aromatic heterocycles. The summed E-state index contributed by atoms with van der Waals surface area (Å²) in [4.78, 5) is 0. The first-order valence-corrected chi connectivity index (χ1v) is 8.43. The Morgan fingerprint density at radius 2 is 1.84 bits per heavy atom. The fraction of sp³-hybridized carbons (Fsp3) is 0.571. The molecule has 2 N–H and O–H groups in total. The zero-order valence-electron chi connectivity index (χ0n) is 11.4. The van der Waals surface area contributed by atoms with Crippen molar-refractivity contribution in [3.8, 4) is 0 Å². The lowest BCUT2D eigenvalue weighted by atomic mass is 9.91. The molecule has 1 aromatic carbocycles. The van der Waals surface area contributed by atoms with E-state index >= 15 is 0 Å². The Morgan fingerprint density at radius 3 is 2.47 bits per heavy atom. The van der Waals surface area contributed by atoms with Crippen LogP contribution >= 0.6 is 0 Å². The van der Waals surface area contributed by atoms with E-state index < -0.39 is 10.0 Å². The van der Waals surface area contributed by atoms with Gasteiger partial charge in [-0.05, 0) is 30.9 Å². The summed E-state index contributed by atoms with van der Waals surface area (Å²) >= 11 is 0. The second-order valence-electron chi connectivity index (χ2n) is 5.31. The molecule has 0 spiro atoms. The van der Waals surface area contributed by atoms with Gasteiger partial charge in [-0.2, -0.15) is 0 Å². The van der Waals surface area contributed by atoms with Crippen LogP contribution in [0.25, 0.3) is 0 Å². The molecule has 1 aliphatic carbocycles. The van der Waals surface area contributed by atoms with Gasteiger partial charge in [-0.1, -0.05) is 31.4 Å². The number of anilines is 2. The third-order valence-electron chi connectivity index (χ3n) is 3.86. The van der Waals surface area contributed by atoms with Gasteiger partial charge < -0.3 is 5.73 Å². The van der Waals surface area contributed by atoms with Gasteiger partial charge in [0.2, 0.25) is 10.0 Å². The monoisotopic (exact) mass is 282 g/mol. The number of hydrogen-bond donors (Lipinski definition) is 1. The number of nitrogens with zero attached hydrogens (tertiary/aromatic N) is 1. The first kappa shape index (κ1) is 14.2. The first-order chi connectivity index (χ1) is 9.00. The molecular weight excluding hydrogens is 260 g/mol. The molecule has 0 aliphatic heterocycles. The molecule has 0 unspecified atom stereocenters. The van der Waals surface area contributed by atoms with E-state index in [1.165, 1.54) is 10.7 Å². The lowest BCUT2D eigenvalue weighted by molar-refractivity contribution is 0.385. The number of rotatable bonds is 4. The normalized spacial score (nSPS) is 17.3. The predicted octanol–water partition coefficient (Wildman–Crippen LogP) is 2.62. The van der Waals surface area contributed by atoms with Gasteiger partial charge in [0, 0.05) is 7.05 Å². The zero-order chi connectivity index (χ0) is 13.9. The van der Waals surface area contributed by atoms with E-state index in [1.807, 2.05) is 0 Å². The Balaban J connectivity index is 2.12. The van der Waals surface area contributed by atoms with E-state index in [1.54, 1.807) is 31.3 Å². The van der Waals surface area contributed by atoms with E-state index in [9.17, 15) is 8.42 Å². The molecule has 1 saturated carbocycles. The maximum absolute atomic E-state index is 12.4. The fourth-order valence-electron chi connectivity index (χ4n) is 2.69. The number of nitrogen functional groups attached to an aromatic ring is 1. The average molecular weight is 282 g/mol. The van der Waals surface area contributed by atoms with Crippen LogP contribution in [0.5, 0.6) is 0 Å². The van der Waals surface area contributed by atoms with Crippen LogP contribution in [0.4, 0.5) is 11.4 Å². The van der Waals surface area contributed by atoms with Gasteiger partial charge in [0.25, 0.3) is 0 Å².